The minimum absolute atomic E-state index is 0.0417. The summed E-state index contributed by atoms with van der Waals surface area (Å²) in [5.41, 5.74) is 1.16. The van der Waals surface area contributed by atoms with E-state index >= 15 is 0 Å². The largest absolute Gasteiger partial charge is 0.347 e. The molecule has 2 rings (SSSR count). The third kappa shape index (κ3) is 2.67. The van der Waals surface area contributed by atoms with Crippen LogP contribution in [0.5, 0.6) is 0 Å². The summed E-state index contributed by atoms with van der Waals surface area (Å²) in [4.78, 5) is 12.0. The molecule has 3 nitrogen and oxygen atoms in total. The number of rotatable bonds is 3. The molecule has 0 radical (unpaired) electrons. The van der Waals surface area contributed by atoms with Gasteiger partial charge in [0.1, 0.15) is 0 Å². The molecule has 0 saturated carbocycles. The third-order valence-corrected chi connectivity index (χ3v) is 3.56. The van der Waals surface area contributed by atoms with Crippen molar-refractivity contribution in [3.8, 4) is 0 Å². The normalized spacial score (nSPS) is 26.4. The quantitative estimate of drug-likeness (QED) is 0.835. The van der Waals surface area contributed by atoms with Gasteiger partial charge >= 0.3 is 0 Å². The van der Waals surface area contributed by atoms with Crippen LogP contribution in [0, 0.1) is 5.92 Å². The molecule has 1 amide bonds. The zero-order valence-electron chi connectivity index (χ0n) is 10.4. The third-order valence-electron chi connectivity index (χ3n) is 3.56. The smallest absolute Gasteiger partial charge is 0.237 e. The van der Waals surface area contributed by atoms with Crippen LogP contribution in [0.1, 0.15) is 31.9 Å². The molecule has 92 valence electrons. The van der Waals surface area contributed by atoms with Gasteiger partial charge in [-0.1, -0.05) is 50.6 Å². The molecule has 1 aromatic rings. The Balaban J connectivity index is 2.03. The van der Waals surface area contributed by atoms with Crippen LogP contribution in [0.4, 0.5) is 0 Å². The van der Waals surface area contributed by atoms with Crippen LogP contribution in [0.3, 0.4) is 0 Å². The summed E-state index contributed by atoms with van der Waals surface area (Å²) in [6.07, 6.45) is 1.01. The molecule has 17 heavy (non-hydrogen) atoms. The number of piperazine rings is 1. The van der Waals surface area contributed by atoms with Crippen molar-refractivity contribution in [3.63, 3.8) is 0 Å². The van der Waals surface area contributed by atoms with E-state index < -0.39 is 0 Å². The summed E-state index contributed by atoms with van der Waals surface area (Å²) in [7, 11) is 0. The van der Waals surface area contributed by atoms with Crippen molar-refractivity contribution in [2.45, 2.75) is 32.4 Å². The van der Waals surface area contributed by atoms with Crippen molar-refractivity contribution in [3.05, 3.63) is 35.9 Å². The topological polar surface area (TPSA) is 41.1 Å². The summed E-state index contributed by atoms with van der Waals surface area (Å²) in [5, 5.41) is 6.45. The van der Waals surface area contributed by atoms with E-state index in [1.807, 2.05) is 18.2 Å². The van der Waals surface area contributed by atoms with Gasteiger partial charge in [0.2, 0.25) is 5.91 Å². The van der Waals surface area contributed by atoms with Crippen molar-refractivity contribution in [1.29, 1.82) is 0 Å². The number of amides is 1. The molecule has 0 aromatic heterocycles. The second-order valence-electron chi connectivity index (χ2n) is 4.74. The lowest BCUT2D eigenvalue weighted by molar-refractivity contribution is -0.126. The van der Waals surface area contributed by atoms with Crippen molar-refractivity contribution < 1.29 is 4.79 Å². The zero-order chi connectivity index (χ0) is 12.3. The SMILES string of the molecule is CCC(C)[C@@H]1NC[C@H](c2ccccc2)NC1=O. The van der Waals surface area contributed by atoms with E-state index in [0.29, 0.717) is 5.92 Å². The molecule has 1 aliphatic heterocycles. The van der Waals surface area contributed by atoms with Crippen LogP contribution in [0.2, 0.25) is 0 Å². The van der Waals surface area contributed by atoms with Crippen LogP contribution in [-0.2, 0) is 4.79 Å². The van der Waals surface area contributed by atoms with Gasteiger partial charge in [-0.15, -0.1) is 0 Å². The van der Waals surface area contributed by atoms with Crippen molar-refractivity contribution in [2.75, 3.05) is 6.54 Å². The lowest BCUT2D eigenvalue weighted by Gasteiger charge is -2.33. The van der Waals surface area contributed by atoms with Crippen molar-refractivity contribution in [2.24, 2.45) is 5.92 Å². The highest BCUT2D eigenvalue weighted by atomic mass is 16.2. The van der Waals surface area contributed by atoms with E-state index in [9.17, 15) is 4.79 Å². The maximum atomic E-state index is 12.0. The van der Waals surface area contributed by atoms with Crippen molar-refractivity contribution in [1.82, 2.24) is 10.6 Å². The molecule has 0 bridgehead atoms. The van der Waals surface area contributed by atoms with Gasteiger partial charge in [-0.25, -0.2) is 0 Å². The van der Waals surface area contributed by atoms with Gasteiger partial charge in [0.15, 0.2) is 0 Å². The Morgan fingerprint density at radius 3 is 2.65 bits per heavy atom. The molecule has 1 aliphatic rings. The van der Waals surface area contributed by atoms with Gasteiger partial charge in [-0.05, 0) is 11.5 Å². The zero-order valence-corrected chi connectivity index (χ0v) is 10.4. The molecule has 0 aliphatic carbocycles. The summed E-state index contributed by atoms with van der Waals surface area (Å²) >= 11 is 0. The first-order chi connectivity index (χ1) is 8.22. The monoisotopic (exact) mass is 232 g/mol. The van der Waals surface area contributed by atoms with Crippen LogP contribution in [0.15, 0.2) is 30.3 Å². The van der Waals surface area contributed by atoms with E-state index in [1.165, 1.54) is 0 Å². The van der Waals surface area contributed by atoms with Crippen molar-refractivity contribution >= 4 is 5.91 Å². The summed E-state index contributed by atoms with van der Waals surface area (Å²) in [6.45, 7) is 5.04. The Kier molecular flexibility index (Phi) is 3.79. The predicted molar refractivity (Wildman–Crippen MR) is 68.6 cm³/mol. The van der Waals surface area contributed by atoms with Crippen LogP contribution >= 0.6 is 0 Å². The molecule has 0 spiro atoms. The Labute approximate surface area is 103 Å². The second-order valence-corrected chi connectivity index (χ2v) is 4.74. The molecule has 1 saturated heterocycles. The summed E-state index contributed by atoms with van der Waals surface area (Å²) in [5.74, 6) is 0.506. The Bertz CT molecular complexity index is 377. The van der Waals surface area contributed by atoms with Crippen LogP contribution in [0.25, 0.3) is 0 Å². The average molecular weight is 232 g/mol. The molecular weight excluding hydrogens is 212 g/mol. The number of nitrogens with one attached hydrogen (secondary N) is 2. The molecule has 1 fully saturated rings. The highest BCUT2D eigenvalue weighted by molar-refractivity contribution is 5.83. The molecule has 3 atom stereocenters. The predicted octanol–water partition coefficient (Wildman–Crippen LogP) is 1.86. The molecule has 1 heterocycles. The first-order valence-corrected chi connectivity index (χ1v) is 6.31. The molecule has 2 N–H and O–H groups in total. The number of hydrogen-bond donors (Lipinski definition) is 2. The fourth-order valence-electron chi connectivity index (χ4n) is 2.23. The van der Waals surface area contributed by atoms with Gasteiger partial charge in [-0.3, -0.25) is 4.79 Å². The Morgan fingerprint density at radius 1 is 1.35 bits per heavy atom. The van der Waals surface area contributed by atoms with Gasteiger partial charge in [0.05, 0.1) is 12.1 Å². The Morgan fingerprint density at radius 2 is 2.06 bits per heavy atom. The first-order valence-electron chi connectivity index (χ1n) is 6.31. The van der Waals surface area contributed by atoms with Gasteiger partial charge < -0.3 is 10.6 Å². The van der Waals surface area contributed by atoms with Gasteiger partial charge in [-0.2, -0.15) is 0 Å². The average Bonchev–Trinajstić information content (AvgIpc) is 2.39. The summed E-state index contributed by atoms with van der Waals surface area (Å²) in [6, 6.07) is 10.2. The fraction of sp³-hybridized carbons (Fsp3) is 0.500. The van der Waals surface area contributed by atoms with E-state index in [4.69, 9.17) is 0 Å². The van der Waals surface area contributed by atoms with Crippen LogP contribution in [-0.4, -0.2) is 18.5 Å². The number of carbonyl (C=O) groups excluding carboxylic acids is 1. The van der Waals surface area contributed by atoms with E-state index in [-0.39, 0.29) is 18.0 Å². The minimum Gasteiger partial charge on any atom is -0.347 e. The maximum absolute atomic E-state index is 12.0. The number of carbonyl (C=O) groups is 1. The van der Waals surface area contributed by atoms with Gasteiger partial charge in [0, 0.05) is 6.54 Å². The highest BCUT2D eigenvalue weighted by Crippen LogP contribution is 2.18. The van der Waals surface area contributed by atoms with E-state index in [2.05, 4.69) is 36.6 Å². The molecule has 3 heteroatoms. The standard InChI is InChI=1S/C14H20N2O/c1-3-10(2)13-14(17)16-12(9-15-13)11-7-5-4-6-8-11/h4-8,10,12-13,15H,3,9H2,1-2H3,(H,16,17)/t10?,12-,13+/m1/s1. The first kappa shape index (κ1) is 12.1. The molecule has 1 aromatic carbocycles. The Hall–Kier alpha value is -1.35. The van der Waals surface area contributed by atoms with E-state index in [0.717, 1.165) is 18.5 Å². The second kappa shape index (κ2) is 5.32. The lowest BCUT2D eigenvalue weighted by Crippen LogP contribution is -2.56. The number of hydrogen-bond acceptors (Lipinski definition) is 2. The maximum Gasteiger partial charge on any atom is 0.237 e. The number of benzene rings is 1. The highest BCUT2D eigenvalue weighted by Gasteiger charge is 2.30. The lowest BCUT2D eigenvalue weighted by atomic mass is 9.94. The minimum atomic E-state index is -0.0417. The molecular formula is C14H20N2O. The van der Waals surface area contributed by atoms with E-state index in [1.54, 1.807) is 0 Å². The van der Waals surface area contributed by atoms with Gasteiger partial charge in [0.25, 0.3) is 0 Å². The molecule has 1 unspecified atom stereocenters. The fourth-order valence-corrected chi connectivity index (χ4v) is 2.23. The summed E-state index contributed by atoms with van der Waals surface area (Å²) < 4.78 is 0. The van der Waals surface area contributed by atoms with Crippen LogP contribution < -0.4 is 10.6 Å².